The average molecular weight is 301 g/mol. The number of hydrogen-bond acceptors (Lipinski definition) is 3. The molecule has 0 aliphatic carbocycles. The summed E-state index contributed by atoms with van der Waals surface area (Å²) in [5.41, 5.74) is -0.390. The number of carbonyl (C=O) groups excluding carboxylic acids is 1. The summed E-state index contributed by atoms with van der Waals surface area (Å²) in [5.74, 6) is -0.890. The van der Waals surface area contributed by atoms with E-state index in [1.54, 1.807) is 4.90 Å². The second-order valence-electron chi connectivity index (χ2n) is 6.08. The van der Waals surface area contributed by atoms with Crippen molar-refractivity contribution in [2.45, 2.75) is 53.0 Å². The number of hydrogen-bond donors (Lipinski definition) is 2. The summed E-state index contributed by atoms with van der Waals surface area (Å²) in [5, 5.41) is 11.7. The van der Waals surface area contributed by atoms with E-state index in [9.17, 15) is 9.59 Å². The van der Waals surface area contributed by atoms with Gasteiger partial charge in [0.25, 0.3) is 0 Å². The van der Waals surface area contributed by atoms with Gasteiger partial charge in [-0.25, -0.2) is 4.79 Å². The Labute approximate surface area is 128 Å². The van der Waals surface area contributed by atoms with Gasteiger partial charge in [0.05, 0.1) is 6.42 Å². The fraction of sp³-hybridized carbons (Fsp3) is 0.867. The topological polar surface area (TPSA) is 72.9 Å². The highest BCUT2D eigenvalue weighted by Gasteiger charge is 2.26. The van der Waals surface area contributed by atoms with Gasteiger partial charge in [-0.05, 0) is 46.8 Å². The summed E-state index contributed by atoms with van der Waals surface area (Å²) in [6, 6.07) is -0.191. The van der Waals surface area contributed by atoms with Crippen LogP contribution in [-0.4, -0.2) is 65.2 Å². The van der Waals surface area contributed by atoms with Crippen LogP contribution in [0.3, 0.4) is 0 Å². The van der Waals surface area contributed by atoms with Crippen LogP contribution in [0, 0.1) is 0 Å². The summed E-state index contributed by atoms with van der Waals surface area (Å²) in [4.78, 5) is 26.8. The van der Waals surface area contributed by atoms with E-state index in [0.717, 1.165) is 26.1 Å². The number of urea groups is 1. The molecule has 0 aliphatic rings. The largest absolute Gasteiger partial charge is 0.481 e. The van der Waals surface area contributed by atoms with E-state index in [1.807, 2.05) is 20.8 Å². The molecule has 2 amide bonds. The lowest BCUT2D eigenvalue weighted by molar-refractivity contribution is -0.137. The van der Waals surface area contributed by atoms with Crippen molar-refractivity contribution < 1.29 is 14.7 Å². The quantitative estimate of drug-likeness (QED) is 0.639. The molecule has 0 aromatic carbocycles. The zero-order valence-corrected chi connectivity index (χ0v) is 14.1. The van der Waals surface area contributed by atoms with Gasteiger partial charge in [0.1, 0.15) is 0 Å². The molecule has 0 rings (SSSR count). The van der Waals surface area contributed by atoms with E-state index < -0.39 is 11.5 Å². The van der Waals surface area contributed by atoms with Crippen molar-refractivity contribution in [3.63, 3.8) is 0 Å². The minimum absolute atomic E-state index is 0.0376. The van der Waals surface area contributed by atoms with E-state index >= 15 is 0 Å². The van der Waals surface area contributed by atoms with Gasteiger partial charge in [0.2, 0.25) is 0 Å². The van der Waals surface area contributed by atoms with Gasteiger partial charge >= 0.3 is 12.0 Å². The lowest BCUT2D eigenvalue weighted by Crippen LogP contribution is -2.51. The highest BCUT2D eigenvalue weighted by molar-refractivity contribution is 5.76. The predicted molar refractivity (Wildman–Crippen MR) is 84.5 cm³/mol. The second kappa shape index (κ2) is 9.60. The zero-order chi connectivity index (χ0) is 16.5. The van der Waals surface area contributed by atoms with Crippen molar-refractivity contribution in [1.29, 1.82) is 0 Å². The molecule has 0 aromatic rings. The van der Waals surface area contributed by atoms with Crippen LogP contribution in [-0.2, 0) is 4.79 Å². The molecule has 0 saturated heterocycles. The van der Waals surface area contributed by atoms with Crippen LogP contribution in [0.2, 0.25) is 0 Å². The third kappa shape index (κ3) is 8.55. The SMILES string of the molecule is CCN(CC)CCCNC(=O)N(CCC(=O)O)C(C)(C)C. The van der Waals surface area contributed by atoms with Gasteiger partial charge in [-0.1, -0.05) is 13.8 Å². The molecular formula is C15H31N3O3. The number of nitrogens with zero attached hydrogens (tertiary/aromatic N) is 2. The van der Waals surface area contributed by atoms with Gasteiger partial charge in [-0.15, -0.1) is 0 Å². The minimum atomic E-state index is -0.890. The number of carbonyl (C=O) groups is 2. The Morgan fingerprint density at radius 2 is 1.67 bits per heavy atom. The van der Waals surface area contributed by atoms with Crippen LogP contribution in [0.4, 0.5) is 4.79 Å². The Morgan fingerprint density at radius 1 is 1.10 bits per heavy atom. The van der Waals surface area contributed by atoms with Gasteiger partial charge in [-0.2, -0.15) is 0 Å². The smallest absolute Gasteiger partial charge is 0.317 e. The molecule has 0 spiro atoms. The molecule has 0 bridgehead atoms. The van der Waals surface area contributed by atoms with Crippen molar-refractivity contribution in [2.24, 2.45) is 0 Å². The number of carboxylic acids is 1. The fourth-order valence-electron chi connectivity index (χ4n) is 2.08. The highest BCUT2D eigenvalue weighted by atomic mass is 16.4. The number of nitrogens with one attached hydrogen (secondary N) is 1. The number of rotatable bonds is 9. The standard InChI is InChI=1S/C15H31N3O3/c1-6-17(7-2)11-8-10-16-14(21)18(15(3,4)5)12-9-13(19)20/h6-12H2,1-5H3,(H,16,21)(H,19,20). The van der Waals surface area contributed by atoms with Crippen LogP contribution < -0.4 is 5.32 Å². The first-order valence-corrected chi connectivity index (χ1v) is 7.72. The van der Waals surface area contributed by atoms with Crippen LogP contribution in [0.1, 0.15) is 47.5 Å². The molecule has 6 heteroatoms. The Kier molecular flexibility index (Phi) is 9.01. The molecule has 0 aliphatic heterocycles. The molecule has 0 fully saturated rings. The van der Waals surface area contributed by atoms with Crippen molar-refractivity contribution >= 4 is 12.0 Å². The van der Waals surface area contributed by atoms with Crippen molar-refractivity contribution in [1.82, 2.24) is 15.1 Å². The van der Waals surface area contributed by atoms with E-state index in [0.29, 0.717) is 6.54 Å². The molecule has 0 unspecified atom stereocenters. The van der Waals surface area contributed by atoms with Crippen molar-refractivity contribution in [2.75, 3.05) is 32.7 Å². The summed E-state index contributed by atoms with van der Waals surface area (Å²) >= 11 is 0. The molecule has 124 valence electrons. The minimum Gasteiger partial charge on any atom is -0.481 e. The third-order valence-corrected chi connectivity index (χ3v) is 3.43. The lowest BCUT2D eigenvalue weighted by atomic mass is 10.1. The molecule has 2 N–H and O–H groups in total. The highest BCUT2D eigenvalue weighted by Crippen LogP contribution is 2.13. The van der Waals surface area contributed by atoms with Gasteiger partial charge < -0.3 is 20.2 Å². The average Bonchev–Trinajstić information content (AvgIpc) is 2.37. The van der Waals surface area contributed by atoms with Crippen LogP contribution in [0.25, 0.3) is 0 Å². The van der Waals surface area contributed by atoms with Gasteiger partial charge in [0.15, 0.2) is 0 Å². The lowest BCUT2D eigenvalue weighted by Gasteiger charge is -2.35. The maximum absolute atomic E-state index is 12.2. The van der Waals surface area contributed by atoms with Crippen molar-refractivity contribution in [3.8, 4) is 0 Å². The summed E-state index contributed by atoms with van der Waals surface area (Å²) in [6.45, 7) is 13.8. The molecule has 6 nitrogen and oxygen atoms in total. The van der Waals surface area contributed by atoms with E-state index in [1.165, 1.54) is 0 Å². The number of carboxylic acid groups (broad SMARTS) is 1. The summed E-state index contributed by atoms with van der Waals surface area (Å²) in [7, 11) is 0. The van der Waals surface area contributed by atoms with Crippen LogP contribution >= 0.6 is 0 Å². The molecule has 0 radical (unpaired) electrons. The fourth-order valence-corrected chi connectivity index (χ4v) is 2.08. The molecular weight excluding hydrogens is 270 g/mol. The molecule has 21 heavy (non-hydrogen) atoms. The van der Waals surface area contributed by atoms with Crippen LogP contribution in [0.15, 0.2) is 0 Å². The summed E-state index contributed by atoms with van der Waals surface area (Å²) in [6.07, 6.45) is 0.856. The normalized spacial score (nSPS) is 11.5. The van der Waals surface area contributed by atoms with Gasteiger partial charge in [-0.3, -0.25) is 4.79 Å². The third-order valence-electron chi connectivity index (χ3n) is 3.43. The first-order chi connectivity index (χ1) is 9.72. The molecule has 0 aromatic heterocycles. The number of aliphatic carboxylic acids is 1. The summed E-state index contributed by atoms with van der Waals surface area (Å²) < 4.78 is 0. The zero-order valence-electron chi connectivity index (χ0n) is 14.1. The van der Waals surface area contributed by atoms with Gasteiger partial charge in [0, 0.05) is 18.6 Å². The van der Waals surface area contributed by atoms with E-state index in [-0.39, 0.29) is 19.0 Å². The Bertz CT molecular complexity index is 323. The maximum atomic E-state index is 12.2. The first kappa shape index (κ1) is 19.7. The number of amides is 2. The second-order valence-corrected chi connectivity index (χ2v) is 6.08. The van der Waals surface area contributed by atoms with Crippen LogP contribution in [0.5, 0.6) is 0 Å². The molecule has 0 atom stereocenters. The molecule has 0 saturated carbocycles. The Morgan fingerprint density at radius 3 is 2.10 bits per heavy atom. The van der Waals surface area contributed by atoms with E-state index in [4.69, 9.17) is 5.11 Å². The monoisotopic (exact) mass is 301 g/mol. The maximum Gasteiger partial charge on any atom is 0.317 e. The van der Waals surface area contributed by atoms with Crippen molar-refractivity contribution in [3.05, 3.63) is 0 Å². The van der Waals surface area contributed by atoms with E-state index in [2.05, 4.69) is 24.1 Å². The Balaban J connectivity index is 4.26. The predicted octanol–water partition coefficient (Wildman–Crippen LogP) is 2.00. The first-order valence-electron chi connectivity index (χ1n) is 7.72. The Hall–Kier alpha value is -1.30. The molecule has 0 heterocycles.